The standard InChI is InChI=1S/C8H8BrF2NO/c1-4-5(9)2-6(8(10)11)12-7(4)3-13/h2,8,13H,3H2,1H3. The van der Waals surface area contributed by atoms with Gasteiger partial charge in [-0.25, -0.2) is 13.8 Å². The van der Waals surface area contributed by atoms with E-state index < -0.39 is 6.43 Å². The fourth-order valence-electron chi connectivity index (χ4n) is 0.914. The first-order valence-electron chi connectivity index (χ1n) is 3.61. The van der Waals surface area contributed by atoms with Gasteiger partial charge in [-0.2, -0.15) is 0 Å². The van der Waals surface area contributed by atoms with Gasteiger partial charge in [0.1, 0.15) is 5.69 Å². The Morgan fingerprint density at radius 3 is 2.69 bits per heavy atom. The van der Waals surface area contributed by atoms with Crippen molar-refractivity contribution in [3.63, 3.8) is 0 Å². The third-order valence-electron chi connectivity index (χ3n) is 1.70. The van der Waals surface area contributed by atoms with Gasteiger partial charge in [0.25, 0.3) is 6.43 Å². The SMILES string of the molecule is Cc1c(Br)cc(C(F)F)nc1CO. The summed E-state index contributed by atoms with van der Waals surface area (Å²) in [6.07, 6.45) is -2.61. The van der Waals surface area contributed by atoms with Gasteiger partial charge in [0.15, 0.2) is 0 Å². The molecule has 1 aromatic heterocycles. The van der Waals surface area contributed by atoms with Crippen molar-refractivity contribution in [2.75, 3.05) is 0 Å². The van der Waals surface area contributed by atoms with E-state index in [0.717, 1.165) is 0 Å². The Morgan fingerprint density at radius 1 is 1.62 bits per heavy atom. The second kappa shape index (κ2) is 4.11. The number of rotatable bonds is 2. The Hall–Kier alpha value is -0.550. The average molecular weight is 252 g/mol. The molecule has 1 rings (SSSR count). The fourth-order valence-corrected chi connectivity index (χ4v) is 1.38. The maximum Gasteiger partial charge on any atom is 0.280 e. The van der Waals surface area contributed by atoms with E-state index in [1.165, 1.54) is 6.07 Å². The molecule has 2 nitrogen and oxygen atoms in total. The van der Waals surface area contributed by atoms with Gasteiger partial charge in [0.2, 0.25) is 0 Å². The molecule has 0 aliphatic rings. The Morgan fingerprint density at radius 2 is 2.23 bits per heavy atom. The van der Waals surface area contributed by atoms with Gasteiger partial charge >= 0.3 is 0 Å². The van der Waals surface area contributed by atoms with Gasteiger partial charge in [-0.3, -0.25) is 0 Å². The Balaban J connectivity index is 3.22. The van der Waals surface area contributed by atoms with E-state index >= 15 is 0 Å². The molecule has 0 atom stereocenters. The lowest BCUT2D eigenvalue weighted by atomic mass is 10.2. The molecule has 0 aliphatic heterocycles. The molecule has 0 fully saturated rings. The van der Waals surface area contributed by atoms with Gasteiger partial charge in [-0.15, -0.1) is 0 Å². The number of aromatic nitrogens is 1. The summed E-state index contributed by atoms with van der Waals surface area (Å²) in [5.41, 5.74) is 0.651. The second-order valence-corrected chi connectivity index (χ2v) is 3.41. The predicted molar refractivity (Wildman–Crippen MR) is 47.6 cm³/mol. The summed E-state index contributed by atoms with van der Waals surface area (Å²) in [7, 11) is 0. The molecule has 0 radical (unpaired) electrons. The lowest BCUT2D eigenvalue weighted by Crippen LogP contribution is -2.00. The zero-order chi connectivity index (χ0) is 10.0. The number of alkyl halides is 2. The summed E-state index contributed by atoms with van der Waals surface area (Å²) < 4.78 is 25.0. The molecule has 72 valence electrons. The van der Waals surface area contributed by atoms with E-state index in [0.29, 0.717) is 10.0 Å². The number of hydrogen-bond acceptors (Lipinski definition) is 2. The third-order valence-corrected chi connectivity index (χ3v) is 2.53. The number of aliphatic hydroxyl groups excluding tert-OH is 1. The molecule has 1 aromatic rings. The highest BCUT2D eigenvalue weighted by Gasteiger charge is 2.13. The molecule has 0 aliphatic carbocycles. The summed E-state index contributed by atoms with van der Waals surface area (Å²) in [5, 5.41) is 8.82. The average Bonchev–Trinajstić information content (AvgIpc) is 2.09. The van der Waals surface area contributed by atoms with Crippen LogP contribution in [0.1, 0.15) is 23.4 Å². The van der Waals surface area contributed by atoms with Crippen molar-refractivity contribution in [2.24, 2.45) is 0 Å². The lowest BCUT2D eigenvalue weighted by Gasteiger charge is -2.07. The lowest BCUT2D eigenvalue weighted by molar-refractivity contribution is 0.145. The van der Waals surface area contributed by atoms with E-state index in [9.17, 15) is 8.78 Å². The molecule has 0 aromatic carbocycles. The zero-order valence-corrected chi connectivity index (χ0v) is 8.48. The summed E-state index contributed by atoms with van der Waals surface area (Å²) in [6, 6.07) is 1.26. The first kappa shape index (κ1) is 10.5. The van der Waals surface area contributed by atoms with Crippen LogP contribution in [0, 0.1) is 6.92 Å². The summed E-state index contributed by atoms with van der Waals surface area (Å²) in [5.74, 6) is 0. The second-order valence-electron chi connectivity index (χ2n) is 2.56. The molecular formula is C8H8BrF2NO. The molecule has 13 heavy (non-hydrogen) atoms. The molecule has 5 heteroatoms. The minimum Gasteiger partial charge on any atom is -0.390 e. The molecule has 0 bridgehead atoms. The normalized spacial score (nSPS) is 10.9. The van der Waals surface area contributed by atoms with Crippen molar-refractivity contribution in [3.05, 3.63) is 27.5 Å². The highest BCUT2D eigenvalue weighted by atomic mass is 79.9. The van der Waals surface area contributed by atoms with Crippen LogP contribution >= 0.6 is 15.9 Å². The molecule has 1 heterocycles. The Labute approximate surface area is 82.7 Å². The number of pyridine rings is 1. The summed E-state index contributed by atoms with van der Waals surface area (Å²) >= 11 is 3.12. The quantitative estimate of drug-likeness (QED) is 0.877. The zero-order valence-electron chi connectivity index (χ0n) is 6.89. The van der Waals surface area contributed by atoms with Gasteiger partial charge in [-0.05, 0) is 18.6 Å². The van der Waals surface area contributed by atoms with Crippen LogP contribution in [0.3, 0.4) is 0 Å². The van der Waals surface area contributed by atoms with E-state index in [2.05, 4.69) is 20.9 Å². The fraction of sp³-hybridized carbons (Fsp3) is 0.375. The monoisotopic (exact) mass is 251 g/mol. The van der Waals surface area contributed by atoms with E-state index in [1.54, 1.807) is 6.92 Å². The number of nitrogens with zero attached hydrogens (tertiary/aromatic N) is 1. The van der Waals surface area contributed by atoms with E-state index in [1.807, 2.05) is 0 Å². The Kier molecular flexibility index (Phi) is 3.33. The largest absolute Gasteiger partial charge is 0.390 e. The van der Waals surface area contributed by atoms with Crippen molar-refractivity contribution in [3.8, 4) is 0 Å². The van der Waals surface area contributed by atoms with Crippen LogP contribution in [0.15, 0.2) is 10.5 Å². The van der Waals surface area contributed by atoms with E-state index in [-0.39, 0.29) is 18.0 Å². The van der Waals surface area contributed by atoms with Gasteiger partial charge in [0, 0.05) is 4.47 Å². The molecular weight excluding hydrogens is 244 g/mol. The van der Waals surface area contributed by atoms with Crippen LogP contribution in [0.2, 0.25) is 0 Å². The first-order valence-corrected chi connectivity index (χ1v) is 4.40. The van der Waals surface area contributed by atoms with Crippen molar-refractivity contribution in [1.82, 2.24) is 4.98 Å². The van der Waals surface area contributed by atoms with Crippen LogP contribution in [-0.4, -0.2) is 10.1 Å². The minimum absolute atomic E-state index is 0.282. The van der Waals surface area contributed by atoms with Crippen LogP contribution in [0.4, 0.5) is 8.78 Å². The summed E-state index contributed by atoms with van der Waals surface area (Å²) in [4.78, 5) is 3.62. The molecule has 0 saturated carbocycles. The van der Waals surface area contributed by atoms with Crippen LogP contribution < -0.4 is 0 Å². The molecule has 0 amide bonds. The van der Waals surface area contributed by atoms with Crippen molar-refractivity contribution < 1.29 is 13.9 Å². The van der Waals surface area contributed by atoms with Crippen LogP contribution in [0.25, 0.3) is 0 Å². The van der Waals surface area contributed by atoms with Crippen molar-refractivity contribution in [1.29, 1.82) is 0 Å². The van der Waals surface area contributed by atoms with Gasteiger partial charge in [-0.1, -0.05) is 15.9 Å². The molecule has 0 unspecified atom stereocenters. The highest BCUT2D eigenvalue weighted by Crippen LogP contribution is 2.25. The van der Waals surface area contributed by atoms with Crippen molar-refractivity contribution >= 4 is 15.9 Å². The van der Waals surface area contributed by atoms with Gasteiger partial charge in [0.05, 0.1) is 12.3 Å². The smallest absolute Gasteiger partial charge is 0.280 e. The van der Waals surface area contributed by atoms with Crippen LogP contribution in [-0.2, 0) is 6.61 Å². The number of hydrogen-bond donors (Lipinski definition) is 1. The third kappa shape index (κ3) is 2.22. The van der Waals surface area contributed by atoms with Crippen molar-refractivity contribution in [2.45, 2.75) is 20.0 Å². The number of aliphatic hydroxyl groups is 1. The topological polar surface area (TPSA) is 33.1 Å². The minimum atomic E-state index is -2.61. The Bertz CT molecular complexity index is 317. The van der Waals surface area contributed by atoms with Gasteiger partial charge < -0.3 is 5.11 Å². The highest BCUT2D eigenvalue weighted by molar-refractivity contribution is 9.10. The number of halogens is 3. The molecule has 1 N–H and O–H groups in total. The molecule has 0 spiro atoms. The predicted octanol–water partition coefficient (Wildman–Crippen LogP) is 2.58. The van der Waals surface area contributed by atoms with E-state index in [4.69, 9.17) is 5.11 Å². The maximum absolute atomic E-state index is 12.2. The summed E-state index contributed by atoms with van der Waals surface area (Å²) in [6.45, 7) is 1.38. The first-order chi connectivity index (χ1) is 6.06. The van der Waals surface area contributed by atoms with Crippen LogP contribution in [0.5, 0.6) is 0 Å². The molecule has 0 saturated heterocycles. The maximum atomic E-state index is 12.2.